The first-order valence-electron chi connectivity index (χ1n) is 7.91. The van der Waals surface area contributed by atoms with Crippen LogP contribution < -0.4 is 5.32 Å². The third kappa shape index (κ3) is 4.10. The van der Waals surface area contributed by atoms with Gasteiger partial charge in [0, 0.05) is 13.6 Å². The van der Waals surface area contributed by atoms with Crippen LogP contribution in [-0.2, 0) is 14.3 Å². The van der Waals surface area contributed by atoms with E-state index in [0.29, 0.717) is 6.54 Å². The molecule has 1 fully saturated rings. The summed E-state index contributed by atoms with van der Waals surface area (Å²) < 4.78 is 5.61. The number of likely N-dealkylation sites (N-methyl/N-ethyl adjacent to an activating group) is 1. The van der Waals surface area contributed by atoms with Crippen LogP contribution in [0.25, 0.3) is 0 Å². The Hall–Kier alpha value is -1.88. The fraction of sp³-hybridized carbons (Fsp3) is 0.556. The minimum atomic E-state index is -0.693. The molecule has 1 aliphatic heterocycles. The number of nitrogens with zero attached hydrogens (tertiary/aromatic N) is 1. The van der Waals surface area contributed by atoms with Crippen molar-refractivity contribution in [3.8, 4) is 0 Å². The Balaban J connectivity index is 2.27. The van der Waals surface area contributed by atoms with Gasteiger partial charge in [0.1, 0.15) is 6.61 Å². The van der Waals surface area contributed by atoms with E-state index in [9.17, 15) is 9.59 Å². The molecule has 1 N–H and O–H groups in total. The van der Waals surface area contributed by atoms with Crippen molar-refractivity contribution in [2.45, 2.75) is 39.8 Å². The number of carbonyl (C=O) groups is 2. The Bertz CT molecular complexity index is 592. The van der Waals surface area contributed by atoms with Crippen molar-refractivity contribution in [2.24, 2.45) is 5.41 Å². The third-order valence-electron chi connectivity index (χ3n) is 4.04. The van der Waals surface area contributed by atoms with Crippen LogP contribution in [0.3, 0.4) is 0 Å². The number of morpholine rings is 1. The van der Waals surface area contributed by atoms with Crippen LogP contribution in [0.15, 0.2) is 24.3 Å². The van der Waals surface area contributed by atoms with Gasteiger partial charge >= 0.3 is 0 Å². The quantitative estimate of drug-likeness (QED) is 0.928. The monoisotopic (exact) mass is 318 g/mol. The Kier molecular flexibility index (Phi) is 5.09. The molecule has 5 nitrogen and oxygen atoms in total. The number of benzene rings is 1. The molecule has 0 aromatic heterocycles. The zero-order valence-corrected chi connectivity index (χ0v) is 14.6. The largest absolute Gasteiger partial charge is 0.356 e. The van der Waals surface area contributed by atoms with Gasteiger partial charge in [0.05, 0.1) is 6.04 Å². The van der Waals surface area contributed by atoms with Crippen molar-refractivity contribution in [3.05, 3.63) is 35.4 Å². The lowest BCUT2D eigenvalue weighted by atomic mass is 9.93. The van der Waals surface area contributed by atoms with E-state index in [2.05, 4.69) is 26.1 Å². The molecular weight excluding hydrogens is 292 g/mol. The molecule has 2 amide bonds. The zero-order valence-electron chi connectivity index (χ0n) is 14.6. The second-order valence-corrected chi connectivity index (χ2v) is 7.32. The average Bonchev–Trinajstić information content (AvgIpc) is 2.48. The molecule has 1 saturated heterocycles. The Morgan fingerprint density at radius 3 is 2.61 bits per heavy atom. The average molecular weight is 318 g/mol. The summed E-state index contributed by atoms with van der Waals surface area (Å²) in [6, 6.07) is 7.38. The van der Waals surface area contributed by atoms with Crippen LogP contribution in [0, 0.1) is 12.3 Å². The van der Waals surface area contributed by atoms with Crippen molar-refractivity contribution in [2.75, 3.05) is 20.2 Å². The molecule has 0 aliphatic carbocycles. The van der Waals surface area contributed by atoms with Crippen LogP contribution in [0.5, 0.6) is 0 Å². The van der Waals surface area contributed by atoms with E-state index in [1.165, 1.54) is 0 Å². The highest BCUT2D eigenvalue weighted by Gasteiger charge is 2.40. The maximum absolute atomic E-state index is 12.6. The Labute approximate surface area is 138 Å². The van der Waals surface area contributed by atoms with Crippen LogP contribution in [-0.4, -0.2) is 43.0 Å². The topological polar surface area (TPSA) is 58.6 Å². The predicted molar refractivity (Wildman–Crippen MR) is 88.9 cm³/mol. The minimum Gasteiger partial charge on any atom is -0.356 e. The molecule has 23 heavy (non-hydrogen) atoms. The van der Waals surface area contributed by atoms with Crippen molar-refractivity contribution in [1.82, 2.24) is 10.2 Å². The smallest absolute Gasteiger partial charge is 0.251 e. The van der Waals surface area contributed by atoms with Crippen LogP contribution >= 0.6 is 0 Å². The van der Waals surface area contributed by atoms with Gasteiger partial charge < -0.3 is 15.0 Å². The van der Waals surface area contributed by atoms with Gasteiger partial charge in [0.15, 0.2) is 6.10 Å². The molecule has 1 aromatic carbocycles. The van der Waals surface area contributed by atoms with Crippen molar-refractivity contribution >= 4 is 11.8 Å². The van der Waals surface area contributed by atoms with E-state index in [1.54, 1.807) is 11.9 Å². The van der Waals surface area contributed by atoms with E-state index in [1.807, 2.05) is 31.2 Å². The fourth-order valence-corrected chi connectivity index (χ4v) is 2.67. The standard InChI is InChI=1S/C18H26N2O3/c1-12-8-6-7-9-13(12)15-16(23-10-14(21)20(15)5)17(22)19-11-18(2,3)4/h6-9,15-16H,10-11H2,1-5H3,(H,19,22). The van der Waals surface area contributed by atoms with Gasteiger partial charge in [0.25, 0.3) is 5.91 Å². The molecule has 5 heteroatoms. The molecule has 0 saturated carbocycles. The summed E-state index contributed by atoms with van der Waals surface area (Å²) in [6.45, 7) is 8.65. The van der Waals surface area contributed by atoms with Gasteiger partial charge in [-0.15, -0.1) is 0 Å². The molecule has 1 aliphatic rings. The minimum absolute atomic E-state index is 0.00971. The SMILES string of the molecule is Cc1ccccc1C1C(C(=O)NCC(C)(C)C)OCC(=O)N1C. The number of nitrogens with one attached hydrogen (secondary N) is 1. The second-order valence-electron chi connectivity index (χ2n) is 7.32. The third-order valence-corrected chi connectivity index (χ3v) is 4.04. The number of ether oxygens (including phenoxy) is 1. The van der Waals surface area contributed by atoms with E-state index >= 15 is 0 Å². The second kappa shape index (κ2) is 6.71. The number of carbonyl (C=O) groups excluding carboxylic acids is 2. The van der Waals surface area contributed by atoms with Gasteiger partial charge in [-0.3, -0.25) is 9.59 Å². The van der Waals surface area contributed by atoms with Crippen LogP contribution in [0.2, 0.25) is 0 Å². The van der Waals surface area contributed by atoms with Crippen LogP contribution in [0.1, 0.15) is 37.9 Å². The molecule has 1 aromatic rings. The number of hydrogen-bond acceptors (Lipinski definition) is 3. The fourth-order valence-electron chi connectivity index (χ4n) is 2.67. The molecule has 0 spiro atoms. The van der Waals surface area contributed by atoms with Gasteiger partial charge in [-0.2, -0.15) is 0 Å². The van der Waals surface area contributed by atoms with Crippen molar-refractivity contribution in [1.29, 1.82) is 0 Å². The van der Waals surface area contributed by atoms with Gasteiger partial charge in [-0.05, 0) is 23.5 Å². The Morgan fingerprint density at radius 1 is 1.35 bits per heavy atom. The molecule has 1 heterocycles. The van der Waals surface area contributed by atoms with E-state index < -0.39 is 12.1 Å². The van der Waals surface area contributed by atoms with Gasteiger partial charge in [-0.1, -0.05) is 45.0 Å². The molecule has 2 atom stereocenters. The Morgan fingerprint density at radius 2 is 2.00 bits per heavy atom. The molecule has 0 bridgehead atoms. The summed E-state index contributed by atoms with van der Waals surface area (Å²) in [5.41, 5.74) is 1.97. The number of hydrogen-bond donors (Lipinski definition) is 1. The summed E-state index contributed by atoms with van der Waals surface area (Å²) in [5.74, 6) is -0.286. The number of rotatable bonds is 3. The summed E-state index contributed by atoms with van der Waals surface area (Å²) in [4.78, 5) is 26.3. The lowest BCUT2D eigenvalue weighted by Crippen LogP contribution is -2.53. The normalized spacial score (nSPS) is 22.1. The van der Waals surface area contributed by atoms with Gasteiger partial charge in [-0.25, -0.2) is 0 Å². The number of amides is 2. The van der Waals surface area contributed by atoms with Crippen molar-refractivity contribution < 1.29 is 14.3 Å². The maximum atomic E-state index is 12.6. The summed E-state index contributed by atoms with van der Waals surface area (Å²) in [7, 11) is 1.73. The maximum Gasteiger partial charge on any atom is 0.251 e. The van der Waals surface area contributed by atoms with E-state index in [0.717, 1.165) is 11.1 Å². The number of aryl methyl sites for hydroxylation is 1. The first kappa shape index (κ1) is 17.5. The lowest BCUT2D eigenvalue weighted by molar-refractivity contribution is -0.162. The summed E-state index contributed by atoms with van der Waals surface area (Å²) >= 11 is 0. The first-order valence-corrected chi connectivity index (χ1v) is 7.91. The molecule has 2 rings (SSSR count). The highest BCUT2D eigenvalue weighted by Crippen LogP contribution is 2.31. The van der Waals surface area contributed by atoms with E-state index in [4.69, 9.17) is 4.74 Å². The first-order chi connectivity index (χ1) is 10.7. The van der Waals surface area contributed by atoms with Gasteiger partial charge in [0.2, 0.25) is 5.91 Å². The molecule has 0 radical (unpaired) electrons. The highest BCUT2D eigenvalue weighted by atomic mass is 16.5. The zero-order chi connectivity index (χ0) is 17.2. The molecule has 126 valence electrons. The summed E-state index contributed by atoms with van der Waals surface area (Å²) in [6.07, 6.45) is -0.693. The summed E-state index contributed by atoms with van der Waals surface area (Å²) in [5, 5.41) is 2.95. The molecule has 2 unspecified atom stereocenters. The molecular formula is C18H26N2O3. The van der Waals surface area contributed by atoms with Crippen LogP contribution in [0.4, 0.5) is 0 Å². The van der Waals surface area contributed by atoms with Crippen molar-refractivity contribution in [3.63, 3.8) is 0 Å². The lowest BCUT2D eigenvalue weighted by Gasteiger charge is -2.39. The van der Waals surface area contributed by atoms with E-state index in [-0.39, 0.29) is 23.8 Å². The highest BCUT2D eigenvalue weighted by molar-refractivity contribution is 5.86. The predicted octanol–water partition coefficient (Wildman–Crippen LogP) is 2.06.